The highest BCUT2D eigenvalue weighted by atomic mass is 16.5. The van der Waals surface area contributed by atoms with Crippen LogP contribution in [0.15, 0.2) is 54.6 Å². The first-order chi connectivity index (χ1) is 15.6. The third kappa shape index (κ3) is 5.47. The fourth-order valence-electron chi connectivity index (χ4n) is 3.00. The molecule has 0 amide bonds. The molecule has 0 N–H and O–H groups in total. The SMILES string of the molecule is COc1cc(C#Cc2cccc(C#Cc3cc(OC)c(OC)c(OC)c3)c2)cc(OC)c1. The molecular formula is C27H24O5. The number of benzene rings is 3. The van der Waals surface area contributed by atoms with E-state index >= 15 is 0 Å². The number of rotatable bonds is 5. The molecule has 0 saturated carbocycles. The number of methoxy groups -OCH3 is 5. The van der Waals surface area contributed by atoms with Crippen molar-refractivity contribution >= 4 is 0 Å². The second-order valence-electron chi connectivity index (χ2n) is 6.60. The van der Waals surface area contributed by atoms with Crippen LogP contribution in [0.25, 0.3) is 0 Å². The van der Waals surface area contributed by atoms with Crippen molar-refractivity contribution in [1.29, 1.82) is 0 Å². The molecule has 3 aromatic carbocycles. The summed E-state index contributed by atoms with van der Waals surface area (Å²) in [6.45, 7) is 0. The fraction of sp³-hybridized carbons (Fsp3) is 0.185. The zero-order valence-electron chi connectivity index (χ0n) is 18.7. The molecule has 0 unspecified atom stereocenters. The minimum Gasteiger partial charge on any atom is -0.497 e. The summed E-state index contributed by atoms with van der Waals surface area (Å²) in [5.41, 5.74) is 3.24. The van der Waals surface area contributed by atoms with Crippen molar-refractivity contribution in [2.45, 2.75) is 0 Å². The summed E-state index contributed by atoms with van der Waals surface area (Å²) in [6.07, 6.45) is 0. The standard InChI is InChI=1S/C27H24O5/c1-28-23-14-21(15-24(18-23)29-2)11-9-19-7-6-8-20(13-19)10-12-22-16-25(30-3)27(32-5)26(17-22)31-4/h6-8,13-18H,1-5H3. The van der Waals surface area contributed by atoms with Crippen molar-refractivity contribution < 1.29 is 23.7 Å². The van der Waals surface area contributed by atoms with Crippen molar-refractivity contribution in [3.63, 3.8) is 0 Å². The molecule has 0 fully saturated rings. The average Bonchev–Trinajstić information content (AvgIpc) is 2.85. The average molecular weight is 428 g/mol. The van der Waals surface area contributed by atoms with Crippen LogP contribution in [0.5, 0.6) is 28.7 Å². The highest BCUT2D eigenvalue weighted by Gasteiger charge is 2.12. The zero-order valence-corrected chi connectivity index (χ0v) is 18.7. The van der Waals surface area contributed by atoms with Gasteiger partial charge in [0.1, 0.15) is 11.5 Å². The molecule has 0 bridgehead atoms. The highest BCUT2D eigenvalue weighted by Crippen LogP contribution is 2.37. The third-order valence-corrected chi connectivity index (χ3v) is 4.58. The zero-order chi connectivity index (χ0) is 22.9. The molecule has 3 aromatic rings. The van der Waals surface area contributed by atoms with Gasteiger partial charge in [-0.1, -0.05) is 29.7 Å². The lowest BCUT2D eigenvalue weighted by atomic mass is 10.1. The van der Waals surface area contributed by atoms with Gasteiger partial charge in [0.25, 0.3) is 0 Å². The summed E-state index contributed by atoms with van der Waals surface area (Å²) in [6, 6.07) is 16.9. The Morgan fingerprint density at radius 1 is 0.469 bits per heavy atom. The van der Waals surface area contributed by atoms with Gasteiger partial charge < -0.3 is 23.7 Å². The molecule has 0 saturated heterocycles. The van der Waals surface area contributed by atoms with E-state index in [0.717, 1.165) is 22.3 Å². The highest BCUT2D eigenvalue weighted by molar-refractivity contribution is 5.58. The first-order valence-corrected chi connectivity index (χ1v) is 9.77. The summed E-state index contributed by atoms with van der Waals surface area (Å²) >= 11 is 0. The van der Waals surface area contributed by atoms with Crippen LogP contribution in [-0.2, 0) is 0 Å². The van der Waals surface area contributed by atoms with Gasteiger partial charge in [0.15, 0.2) is 11.5 Å². The van der Waals surface area contributed by atoms with Gasteiger partial charge in [0.05, 0.1) is 35.5 Å². The number of ether oxygens (including phenoxy) is 5. The molecule has 3 rings (SSSR count). The molecule has 0 aliphatic rings. The molecule has 162 valence electrons. The van der Waals surface area contributed by atoms with E-state index in [-0.39, 0.29) is 0 Å². The molecule has 0 atom stereocenters. The van der Waals surface area contributed by atoms with Gasteiger partial charge in [0, 0.05) is 28.3 Å². The molecule has 5 nitrogen and oxygen atoms in total. The number of hydrogen-bond acceptors (Lipinski definition) is 5. The van der Waals surface area contributed by atoms with Gasteiger partial charge in [-0.25, -0.2) is 0 Å². The van der Waals surface area contributed by atoms with Gasteiger partial charge >= 0.3 is 0 Å². The van der Waals surface area contributed by atoms with Crippen molar-refractivity contribution in [2.24, 2.45) is 0 Å². The second-order valence-corrected chi connectivity index (χ2v) is 6.60. The Kier molecular flexibility index (Phi) is 7.51. The smallest absolute Gasteiger partial charge is 0.203 e. The second kappa shape index (κ2) is 10.7. The van der Waals surface area contributed by atoms with Gasteiger partial charge in [-0.05, 0) is 42.5 Å². The summed E-state index contributed by atoms with van der Waals surface area (Å²) in [7, 11) is 7.95. The quantitative estimate of drug-likeness (QED) is 0.559. The van der Waals surface area contributed by atoms with E-state index in [4.69, 9.17) is 23.7 Å². The van der Waals surface area contributed by atoms with Crippen molar-refractivity contribution in [2.75, 3.05) is 35.5 Å². The van der Waals surface area contributed by atoms with Crippen molar-refractivity contribution in [3.8, 4) is 52.4 Å². The summed E-state index contributed by atoms with van der Waals surface area (Å²) in [5, 5.41) is 0. The third-order valence-electron chi connectivity index (χ3n) is 4.58. The van der Waals surface area contributed by atoms with Crippen molar-refractivity contribution in [3.05, 3.63) is 76.9 Å². The predicted octanol–water partition coefficient (Wildman–Crippen LogP) is 4.53. The molecule has 0 spiro atoms. The Morgan fingerprint density at radius 2 is 0.938 bits per heavy atom. The van der Waals surface area contributed by atoms with E-state index in [0.29, 0.717) is 28.7 Å². The molecule has 0 heterocycles. The van der Waals surface area contributed by atoms with Crippen LogP contribution in [0.1, 0.15) is 22.3 Å². The molecule has 0 aliphatic heterocycles. The van der Waals surface area contributed by atoms with E-state index in [2.05, 4.69) is 23.7 Å². The molecule has 32 heavy (non-hydrogen) atoms. The summed E-state index contributed by atoms with van der Waals surface area (Å²) < 4.78 is 26.7. The van der Waals surface area contributed by atoms with Crippen LogP contribution >= 0.6 is 0 Å². The largest absolute Gasteiger partial charge is 0.497 e. The lowest BCUT2D eigenvalue weighted by molar-refractivity contribution is 0.324. The topological polar surface area (TPSA) is 46.2 Å². The molecule has 0 aromatic heterocycles. The maximum Gasteiger partial charge on any atom is 0.203 e. The van der Waals surface area contributed by atoms with E-state index in [1.165, 1.54) is 0 Å². The fourth-order valence-corrected chi connectivity index (χ4v) is 3.00. The van der Waals surface area contributed by atoms with E-state index in [1.807, 2.05) is 54.6 Å². The molecule has 0 radical (unpaired) electrons. The Bertz CT molecular complexity index is 1170. The van der Waals surface area contributed by atoms with E-state index < -0.39 is 0 Å². The van der Waals surface area contributed by atoms with Crippen LogP contribution in [0.3, 0.4) is 0 Å². The Balaban J connectivity index is 1.89. The molecular weight excluding hydrogens is 404 g/mol. The number of hydrogen-bond donors (Lipinski definition) is 0. The molecule has 0 aliphatic carbocycles. The molecule has 5 heteroatoms. The maximum atomic E-state index is 5.39. The van der Waals surface area contributed by atoms with Gasteiger partial charge in [-0.2, -0.15) is 0 Å². The van der Waals surface area contributed by atoms with Crippen molar-refractivity contribution in [1.82, 2.24) is 0 Å². The van der Waals surface area contributed by atoms with Crippen LogP contribution in [0.4, 0.5) is 0 Å². The minimum atomic E-state index is 0.534. The summed E-state index contributed by atoms with van der Waals surface area (Å²) in [4.78, 5) is 0. The Hall–Kier alpha value is -4.22. The van der Waals surface area contributed by atoms with Gasteiger partial charge in [0.2, 0.25) is 5.75 Å². The first kappa shape index (κ1) is 22.5. The van der Waals surface area contributed by atoms with Gasteiger partial charge in [-0.15, -0.1) is 0 Å². The van der Waals surface area contributed by atoms with E-state index in [1.54, 1.807) is 35.5 Å². The van der Waals surface area contributed by atoms with E-state index in [9.17, 15) is 0 Å². The lowest BCUT2D eigenvalue weighted by Crippen LogP contribution is -1.95. The van der Waals surface area contributed by atoms with Crippen LogP contribution < -0.4 is 23.7 Å². The normalized spacial score (nSPS) is 9.53. The minimum absolute atomic E-state index is 0.534. The first-order valence-electron chi connectivity index (χ1n) is 9.77. The predicted molar refractivity (Wildman–Crippen MR) is 124 cm³/mol. The Labute approximate surface area is 188 Å². The van der Waals surface area contributed by atoms with Crippen LogP contribution in [0, 0.1) is 23.7 Å². The van der Waals surface area contributed by atoms with Crippen LogP contribution in [-0.4, -0.2) is 35.5 Å². The monoisotopic (exact) mass is 428 g/mol. The summed E-state index contributed by atoms with van der Waals surface area (Å²) in [5.74, 6) is 15.7. The lowest BCUT2D eigenvalue weighted by Gasteiger charge is -2.12. The maximum absolute atomic E-state index is 5.39. The van der Waals surface area contributed by atoms with Crippen LogP contribution in [0.2, 0.25) is 0 Å². The van der Waals surface area contributed by atoms with Gasteiger partial charge in [-0.3, -0.25) is 0 Å². The Morgan fingerprint density at radius 3 is 1.38 bits per heavy atom.